The lowest BCUT2D eigenvalue weighted by Crippen LogP contribution is -2.32. The number of hydrogen-bond donors (Lipinski definition) is 1. The Hall–Kier alpha value is -3.10. The van der Waals surface area contributed by atoms with Crippen LogP contribution in [0.4, 0.5) is 5.69 Å². The molecule has 0 saturated carbocycles. The van der Waals surface area contributed by atoms with E-state index in [1.54, 1.807) is 12.1 Å². The van der Waals surface area contributed by atoms with Crippen molar-refractivity contribution in [3.8, 4) is 11.8 Å². The average molecular weight is 373 g/mol. The average Bonchev–Trinajstić information content (AvgIpc) is 3.20. The van der Waals surface area contributed by atoms with Crippen LogP contribution in [0, 0.1) is 18.3 Å². The monoisotopic (exact) mass is 373 g/mol. The van der Waals surface area contributed by atoms with E-state index in [1.165, 1.54) is 0 Å². The fourth-order valence-corrected chi connectivity index (χ4v) is 3.85. The largest absolute Gasteiger partial charge is 0.489 e. The van der Waals surface area contributed by atoms with Crippen LogP contribution in [0.25, 0.3) is 10.9 Å². The predicted molar refractivity (Wildman–Crippen MR) is 109 cm³/mol. The molecule has 1 aromatic heterocycles. The highest BCUT2D eigenvalue weighted by molar-refractivity contribution is 5.92. The zero-order chi connectivity index (χ0) is 19.5. The van der Waals surface area contributed by atoms with Crippen LogP contribution in [0.2, 0.25) is 0 Å². The highest BCUT2D eigenvalue weighted by Crippen LogP contribution is 2.33. The molecule has 0 aliphatic carbocycles. The molecule has 0 amide bonds. The number of nitriles is 1. The molecule has 2 aromatic carbocycles. The first-order valence-corrected chi connectivity index (χ1v) is 9.58. The second-order valence-electron chi connectivity index (χ2n) is 7.23. The minimum atomic E-state index is 0.180. The smallest absolute Gasteiger partial charge is 0.119 e. The second-order valence-corrected chi connectivity index (χ2v) is 7.23. The molecule has 5 heteroatoms. The molecule has 0 spiro atoms. The zero-order valence-corrected chi connectivity index (χ0v) is 15.9. The van der Waals surface area contributed by atoms with Crippen molar-refractivity contribution in [2.45, 2.75) is 32.4 Å². The Morgan fingerprint density at radius 1 is 1.21 bits per heavy atom. The summed E-state index contributed by atoms with van der Waals surface area (Å²) in [4.78, 5) is 7.03. The summed E-state index contributed by atoms with van der Waals surface area (Å²) in [5, 5.41) is 19.7. The maximum Gasteiger partial charge on any atom is 0.119 e. The van der Waals surface area contributed by atoms with Gasteiger partial charge in [-0.1, -0.05) is 12.1 Å². The molecule has 5 nitrogen and oxygen atoms in total. The number of aliphatic hydroxyl groups is 1. The van der Waals surface area contributed by atoms with E-state index in [2.05, 4.69) is 35.2 Å². The van der Waals surface area contributed by atoms with Gasteiger partial charge in [-0.25, -0.2) is 0 Å². The second kappa shape index (κ2) is 7.87. The Morgan fingerprint density at radius 2 is 2.04 bits per heavy atom. The standard InChI is InChI=1S/C23H23N3O2/c1-16-11-23(26-10-2-3-19(26)14-27)21-9-6-18(12-22(21)25-16)15-28-20-7-4-17(13-24)5-8-20/h4-9,11-12,19,27H,2-3,10,14-15H2,1H3/t19-/m0/s1. The molecule has 1 N–H and O–H groups in total. The molecule has 1 aliphatic heterocycles. The van der Waals surface area contributed by atoms with Gasteiger partial charge in [0, 0.05) is 23.3 Å². The molecule has 0 unspecified atom stereocenters. The van der Waals surface area contributed by atoms with Gasteiger partial charge in [-0.3, -0.25) is 4.98 Å². The third-order valence-corrected chi connectivity index (χ3v) is 5.27. The van der Waals surface area contributed by atoms with Gasteiger partial charge in [0.2, 0.25) is 0 Å². The number of benzene rings is 2. The number of aryl methyl sites for hydroxylation is 1. The van der Waals surface area contributed by atoms with Gasteiger partial charge in [0.15, 0.2) is 0 Å². The van der Waals surface area contributed by atoms with Gasteiger partial charge in [0.1, 0.15) is 12.4 Å². The van der Waals surface area contributed by atoms with Crippen LogP contribution in [0.15, 0.2) is 48.5 Å². The van der Waals surface area contributed by atoms with E-state index < -0.39 is 0 Å². The molecule has 142 valence electrons. The summed E-state index contributed by atoms with van der Waals surface area (Å²) in [6.07, 6.45) is 2.13. The highest BCUT2D eigenvalue weighted by atomic mass is 16.5. The van der Waals surface area contributed by atoms with E-state index in [1.807, 2.05) is 19.1 Å². The number of nitrogens with zero attached hydrogens (tertiary/aromatic N) is 3. The van der Waals surface area contributed by atoms with Crippen molar-refractivity contribution in [2.75, 3.05) is 18.1 Å². The molecule has 1 atom stereocenters. The Kier molecular flexibility index (Phi) is 5.14. The van der Waals surface area contributed by atoms with Gasteiger partial charge < -0.3 is 14.7 Å². The van der Waals surface area contributed by atoms with E-state index in [0.717, 1.165) is 53.0 Å². The minimum Gasteiger partial charge on any atom is -0.489 e. The zero-order valence-electron chi connectivity index (χ0n) is 15.9. The van der Waals surface area contributed by atoms with Crippen LogP contribution >= 0.6 is 0 Å². The summed E-state index contributed by atoms with van der Waals surface area (Å²) in [6, 6.07) is 17.8. The fourth-order valence-electron chi connectivity index (χ4n) is 3.85. The summed E-state index contributed by atoms with van der Waals surface area (Å²) < 4.78 is 5.85. The number of anilines is 1. The minimum absolute atomic E-state index is 0.180. The molecule has 2 heterocycles. The van der Waals surface area contributed by atoms with E-state index in [4.69, 9.17) is 15.0 Å². The van der Waals surface area contributed by atoms with Crippen LogP contribution in [0.5, 0.6) is 5.75 Å². The van der Waals surface area contributed by atoms with Gasteiger partial charge >= 0.3 is 0 Å². The lowest BCUT2D eigenvalue weighted by molar-refractivity contribution is 0.266. The van der Waals surface area contributed by atoms with Crippen molar-refractivity contribution in [3.05, 3.63) is 65.4 Å². The number of rotatable bonds is 5. The van der Waals surface area contributed by atoms with Gasteiger partial charge in [-0.2, -0.15) is 5.26 Å². The molecular formula is C23H23N3O2. The van der Waals surface area contributed by atoms with Crippen LogP contribution < -0.4 is 9.64 Å². The van der Waals surface area contributed by atoms with Crippen LogP contribution in [0.3, 0.4) is 0 Å². The molecule has 3 aromatic rings. The number of ether oxygens (including phenoxy) is 1. The van der Waals surface area contributed by atoms with E-state index in [9.17, 15) is 5.11 Å². The maximum atomic E-state index is 9.70. The quantitative estimate of drug-likeness (QED) is 0.733. The topological polar surface area (TPSA) is 69.4 Å². The predicted octanol–water partition coefficient (Wildman–Crippen LogP) is 3.96. The van der Waals surface area contributed by atoms with Crippen molar-refractivity contribution < 1.29 is 9.84 Å². The molecule has 1 aliphatic rings. The molecule has 4 rings (SSSR count). The number of fused-ring (bicyclic) bond motifs is 1. The third kappa shape index (κ3) is 3.64. The third-order valence-electron chi connectivity index (χ3n) is 5.27. The Morgan fingerprint density at radius 3 is 2.79 bits per heavy atom. The lowest BCUT2D eigenvalue weighted by atomic mass is 10.1. The van der Waals surface area contributed by atoms with E-state index in [-0.39, 0.29) is 12.6 Å². The van der Waals surface area contributed by atoms with Crippen molar-refractivity contribution in [1.82, 2.24) is 4.98 Å². The first-order chi connectivity index (χ1) is 13.7. The van der Waals surface area contributed by atoms with Crippen LogP contribution in [0.1, 0.15) is 29.7 Å². The summed E-state index contributed by atoms with van der Waals surface area (Å²) in [5.74, 6) is 0.736. The van der Waals surface area contributed by atoms with E-state index in [0.29, 0.717) is 12.2 Å². The summed E-state index contributed by atoms with van der Waals surface area (Å²) in [7, 11) is 0. The van der Waals surface area contributed by atoms with Crippen molar-refractivity contribution in [3.63, 3.8) is 0 Å². The molecule has 1 saturated heterocycles. The van der Waals surface area contributed by atoms with Crippen molar-refractivity contribution in [2.24, 2.45) is 0 Å². The molecular weight excluding hydrogens is 350 g/mol. The number of pyridine rings is 1. The maximum absolute atomic E-state index is 9.70. The highest BCUT2D eigenvalue weighted by Gasteiger charge is 2.25. The number of aliphatic hydroxyl groups excluding tert-OH is 1. The molecule has 0 radical (unpaired) electrons. The molecule has 1 fully saturated rings. The Labute approximate surface area is 164 Å². The molecule has 28 heavy (non-hydrogen) atoms. The number of aromatic nitrogens is 1. The Balaban J connectivity index is 1.59. The van der Waals surface area contributed by atoms with Gasteiger partial charge in [-0.15, -0.1) is 0 Å². The SMILES string of the molecule is Cc1cc(N2CCC[C@H]2CO)c2ccc(COc3ccc(C#N)cc3)cc2n1. The van der Waals surface area contributed by atoms with Gasteiger partial charge in [0.25, 0.3) is 0 Å². The normalized spacial score (nSPS) is 16.3. The Bertz CT molecular complexity index is 1020. The van der Waals surface area contributed by atoms with Crippen LogP contribution in [-0.2, 0) is 6.61 Å². The van der Waals surface area contributed by atoms with Crippen LogP contribution in [-0.4, -0.2) is 29.3 Å². The summed E-state index contributed by atoms with van der Waals surface area (Å²) in [6.45, 7) is 3.59. The summed E-state index contributed by atoms with van der Waals surface area (Å²) in [5.41, 5.74) is 4.73. The summed E-state index contributed by atoms with van der Waals surface area (Å²) >= 11 is 0. The van der Waals surface area contributed by atoms with E-state index >= 15 is 0 Å². The van der Waals surface area contributed by atoms with Crippen molar-refractivity contribution >= 4 is 16.6 Å². The van der Waals surface area contributed by atoms with Gasteiger partial charge in [0.05, 0.1) is 29.8 Å². The van der Waals surface area contributed by atoms with Crippen molar-refractivity contribution in [1.29, 1.82) is 5.26 Å². The number of hydrogen-bond acceptors (Lipinski definition) is 5. The van der Waals surface area contributed by atoms with Gasteiger partial charge in [-0.05, 0) is 61.7 Å². The first kappa shape index (κ1) is 18.3. The molecule has 0 bridgehead atoms. The first-order valence-electron chi connectivity index (χ1n) is 9.58. The fraction of sp³-hybridized carbons (Fsp3) is 0.304. The lowest BCUT2D eigenvalue weighted by Gasteiger charge is -2.27.